The molecule has 4 nitrogen and oxygen atoms in total. The number of carbonyl (C=O) groups is 1. The summed E-state index contributed by atoms with van der Waals surface area (Å²) >= 11 is 0. The van der Waals surface area contributed by atoms with E-state index in [0.29, 0.717) is 6.54 Å². The maximum absolute atomic E-state index is 12.5. The van der Waals surface area contributed by atoms with Crippen LogP contribution < -0.4 is 4.90 Å². The topological polar surface area (TPSA) is 39.3 Å². The first-order chi connectivity index (χ1) is 11.7. The van der Waals surface area contributed by atoms with Gasteiger partial charge in [-0.05, 0) is 36.8 Å². The van der Waals surface area contributed by atoms with Crippen LogP contribution in [-0.4, -0.2) is 35.4 Å². The lowest BCUT2D eigenvalue weighted by molar-refractivity contribution is -0.121. The van der Waals surface area contributed by atoms with E-state index in [9.17, 15) is 4.79 Å². The number of H-pyrrole nitrogens is 1. The lowest BCUT2D eigenvalue weighted by Crippen LogP contribution is -2.50. The van der Waals surface area contributed by atoms with Crippen LogP contribution in [0.1, 0.15) is 11.3 Å². The van der Waals surface area contributed by atoms with Crippen LogP contribution in [0.5, 0.6) is 0 Å². The van der Waals surface area contributed by atoms with E-state index in [2.05, 4.69) is 41.1 Å². The number of fused-ring (bicyclic) bond motifs is 1. The molecular formula is C20H21N3O. The number of hydrogen-bond donors (Lipinski definition) is 1. The molecule has 1 aromatic heterocycles. The van der Waals surface area contributed by atoms with Crippen molar-refractivity contribution in [2.24, 2.45) is 0 Å². The van der Waals surface area contributed by atoms with Gasteiger partial charge >= 0.3 is 0 Å². The average molecular weight is 319 g/mol. The van der Waals surface area contributed by atoms with E-state index in [0.717, 1.165) is 25.3 Å². The Kier molecular flexibility index (Phi) is 3.82. The van der Waals surface area contributed by atoms with E-state index < -0.39 is 0 Å². The Bertz CT molecular complexity index is 869. The average Bonchev–Trinajstić information content (AvgIpc) is 2.97. The Morgan fingerprint density at radius 2 is 1.88 bits per heavy atom. The van der Waals surface area contributed by atoms with Gasteiger partial charge in [-0.15, -0.1) is 0 Å². The fourth-order valence-corrected chi connectivity index (χ4v) is 3.47. The fraction of sp³-hybridized carbons (Fsp3) is 0.250. The molecule has 0 unspecified atom stereocenters. The number of piperazine rings is 1. The molecule has 24 heavy (non-hydrogen) atoms. The highest BCUT2D eigenvalue weighted by Gasteiger charge is 2.25. The molecule has 2 heterocycles. The molecule has 1 saturated heterocycles. The zero-order valence-corrected chi connectivity index (χ0v) is 13.8. The van der Waals surface area contributed by atoms with Gasteiger partial charge in [0.05, 0.1) is 6.54 Å². The number of rotatable bonds is 3. The highest BCUT2D eigenvalue weighted by atomic mass is 16.2. The SMILES string of the molecule is Cc1cc2c(CN3CCN(c4ccccc4)C(=O)C3)cccc2[nH]1. The summed E-state index contributed by atoms with van der Waals surface area (Å²) in [5, 5.41) is 1.26. The van der Waals surface area contributed by atoms with Gasteiger partial charge in [0.2, 0.25) is 5.91 Å². The molecule has 1 aliphatic heterocycles. The van der Waals surface area contributed by atoms with Crippen LogP contribution in [-0.2, 0) is 11.3 Å². The summed E-state index contributed by atoms with van der Waals surface area (Å²) in [6.45, 7) is 4.98. The number of aromatic nitrogens is 1. The summed E-state index contributed by atoms with van der Waals surface area (Å²) in [4.78, 5) is 20.0. The number of carbonyl (C=O) groups excluding carboxylic acids is 1. The molecule has 3 aromatic rings. The number of aryl methyl sites for hydroxylation is 1. The van der Waals surface area contributed by atoms with Crippen molar-refractivity contribution in [1.29, 1.82) is 0 Å². The Morgan fingerprint density at radius 3 is 2.67 bits per heavy atom. The molecular weight excluding hydrogens is 298 g/mol. The third-order valence-electron chi connectivity index (χ3n) is 4.65. The Balaban J connectivity index is 1.50. The molecule has 0 bridgehead atoms. The predicted molar refractivity (Wildman–Crippen MR) is 97.1 cm³/mol. The van der Waals surface area contributed by atoms with Gasteiger partial charge < -0.3 is 9.88 Å². The molecule has 4 rings (SSSR count). The van der Waals surface area contributed by atoms with Gasteiger partial charge in [0, 0.05) is 41.9 Å². The van der Waals surface area contributed by atoms with Crippen molar-refractivity contribution in [3.05, 3.63) is 65.9 Å². The lowest BCUT2D eigenvalue weighted by Gasteiger charge is -2.34. The molecule has 4 heteroatoms. The smallest absolute Gasteiger partial charge is 0.241 e. The number of nitrogens with zero attached hydrogens (tertiary/aromatic N) is 2. The van der Waals surface area contributed by atoms with Crippen molar-refractivity contribution < 1.29 is 4.79 Å². The van der Waals surface area contributed by atoms with Gasteiger partial charge in [0.1, 0.15) is 0 Å². The zero-order chi connectivity index (χ0) is 16.5. The number of hydrogen-bond acceptors (Lipinski definition) is 2. The van der Waals surface area contributed by atoms with Crippen molar-refractivity contribution in [2.75, 3.05) is 24.5 Å². The number of nitrogens with one attached hydrogen (secondary N) is 1. The van der Waals surface area contributed by atoms with Crippen molar-refractivity contribution in [3.63, 3.8) is 0 Å². The summed E-state index contributed by atoms with van der Waals surface area (Å²) in [6.07, 6.45) is 0. The third-order valence-corrected chi connectivity index (χ3v) is 4.65. The minimum atomic E-state index is 0.171. The van der Waals surface area contributed by atoms with E-state index >= 15 is 0 Å². The molecule has 0 spiro atoms. The van der Waals surface area contributed by atoms with E-state index in [1.165, 1.54) is 22.2 Å². The van der Waals surface area contributed by atoms with Crippen molar-refractivity contribution in [2.45, 2.75) is 13.5 Å². The van der Waals surface area contributed by atoms with Gasteiger partial charge in [-0.2, -0.15) is 0 Å². The summed E-state index contributed by atoms with van der Waals surface area (Å²) in [5.41, 5.74) is 4.60. The van der Waals surface area contributed by atoms with Gasteiger partial charge in [-0.25, -0.2) is 0 Å². The monoisotopic (exact) mass is 319 g/mol. The van der Waals surface area contributed by atoms with Crippen molar-refractivity contribution in [1.82, 2.24) is 9.88 Å². The molecule has 1 fully saturated rings. The first-order valence-corrected chi connectivity index (χ1v) is 8.36. The predicted octanol–water partition coefficient (Wildman–Crippen LogP) is 3.33. The van der Waals surface area contributed by atoms with Crippen LogP contribution in [0.3, 0.4) is 0 Å². The second-order valence-electron chi connectivity index (χ2n) is 6.42. The first kappa shape index (κ1) is 15.0. The minimum Gasteiger partial charge on any atom is -0.359 e. The van der Waals surface area contributed by atoms with Crippen molar-refractivity contribution in [3.8, 4) is 0 Å². The number of amides is 1. The maximum Gasteiger partial charge on any atom is 0.241 e. The molecule has 0 atom stereocenters. The van der Waals surface area contributed by atoms with E-state index in [4.69, 9.17) is 0 Å². The molecule has 1 N–H and O–H groups in total. The lowest BCUT2D eigenvalue weighted by atomic mass is 10.1. The summed E-state index contributed by atoms with van der Waals surface area (Å²) in [5.74, 6) is 0.171. The van der Waals surface area contributed by atoms with Crippen LogP contribution >= 0.6 is 0 Å². The van der Waals surface area contributed by atoms with Crippen LogP contribution in [0.15, 0.2) is 54.6 Å². The summed E-state index contributed by atoms with van der Waals surface area (Å²) in [7, 11) is 0. The summed E-state index contributed by atoms with van der Waals surface area (Å²) < 4.78 is 0. The number of benzene rings is 2. The van der Waals surface area contributed by atoms with Crippen LogP contribution in [0.25, 0.3) is 10.9 Å². The van der Waals surface area contributed by atoms with Crippen molar-refractivity contribution >= 4 is 22.5 Å². The quantitative estimate of drug-likeness (QED) is 0.804. The number of anilines is 1. The second-order valence-corrected chi connectivity index (χ2v) is 6.42. The third kappa shape index (κ3) is 2.81. The number of para-hydroxylation sites is 1. The Hall–Kier alpha value is -2.59. The fourth-order valence-electron chi connectivity index (χ4n) is 3.47. The highest BCUT2D eigenvalue weighted by Crippen LogP contribution is 2.23. The molecule has 0 aliphatic carbocycles. The highest BCUT2D eigenvalue weighted by molar-refractivity contribution is 5.95. The Labute approximate surface area is 141 Å². The van der Waals surface area contributed by atoms with Crippen LogP contribution in [0, 0.1) is 6.92 Å². The van der Waals surface area contributed by atoms with E-state index in [1.54, 1.807) is 0 Å². The number of aromatic amines is 1. The van der Waals surface area contributed by atoms with Crippen LogP contribution in [0.4, 0.5) is 5.69 Å². The van der Waals surface area contributed by atoms with Gasteiger partial charge in [0.25, 0.3) is 0 Å². The van der Waals surface area contributed by atoms with E-state index in [1.807, 2.05) is 35.2 Å². The molecule has 0 radical (unpaired) electrons. The van der Waals surface area contributed by atoms with Crippen LogP contribution in [0.2, 0.25) is 0 Å². The largest absolute Gasteiger partial charge is 0.359 e. The minimum absolute atomic E-state index is 0.171. The van der Waals surface area contributed by atoms with Gasteiger partial charge in [0.15, 0.2) is 0 Å². The second kappa shape index (κ2) is 6.13. The zero-order valence-electron chi connectivity index (χ0n) is 13.8. The normalized spacial score (nSPS) is 16.0. The van der Waals surface area contributed by atoms with E-state index in [-0.39, 0.29) is 5.91 Å². The maximum atomic E-state index is 12.5. The standard InChI is InChI=1S/C20H21N3O/c1-15-12-18-16(6-5-9-19(18)21-15)13-22-10-11-23(20(24)14-22)17-7-3-2-4-8-17/h2-9,12,21H,10-11,13-14H2,1H3. The van der Waals surface area contributed by atoms with Gasteiger partial charge in [-0.1, -0.05) is 30.3 Å². The molecule has 2 aromatic carbocycles. The Morgan fingerprint density at radius 1 is 1.04 bits per heavy atom. The van der Waals surface area contributed by atoms with Gasteiger partial charge in [-0.3, -0.25) is 9.69 Å². The molecule has 1 amide bonds. The molecule has 0 saturated carbocycles. The first-order valence-electron chi connectivity index (χ1n) is 8.36. The summed E-state index contributed by atoms with van der Waals surface area (Å²) in [6, 6.07) is 18.4. The molecule has 122 valence electrons. The molecule has 1 aliphatic rings.